The smallest absolute Gasteiger partial charge is 0.408 e. The van der Waals surface area contributed by atoms with Crippen molar-refractivity contribution in [3.05, 3.63) is 41.6 Å². The molecule has 17 nitrogen and oxygen atoms in total. The SMILES string of the molecule is CCCC[C@@H](CO)Nc1nc(N)nc2ccn(Cc3cc(CN4CCN(C(=O)CCCC(=O)NCCCC[C@H](NC(=O)OC(C)(C)C)C(=O)O)CC4)ccc3OC)c12. The van der Waals surface area contributed by atoms with Crippen LogP contribution in [0.5, 0.6) is 5.75 Å². The Labute approximate surface area is 341 Å². The Balaban J connectivity index is 1.20. The standard InChI is InChI=1S/C41H63N9O8/c1-6-7-11-30(27-51)44-37-36-31(45-39(42)47-37)17-19-50(36)26-29-24-28(15-16-33(29)57-5)25-48-20-22-49(23-21-48)35(53)14-10-13-34(52)43-18-9-8-12-32(38(54)55)46-40(56)58-41(2,3)4/h15-17,19,24,30,32,51H,6-14,18,20-23,25-27H2,1-5H3,(H,43,52)(H,46,56)(H,54,55)(H3,42,44,45,47)/t30-,32-/m0/s1. The quantitative estimate of drug-likeness (QED) is 0.0787. The Hall–Kier alpha value is -5.16. The van der Waals surface area contributed by atoms with Crippen molar-refractivity contribution in [2.24, 2.45) is 0 Å². The van der Waals surface area contributed by atoms with Gasteiger partial charge in [0.15, 0.2) is 5.82 Å². The third kappa shape index (κ3) is 14.3. The van der Waals surface area contributed by atoms with Gasteiger partial charge in [0.25, 0.3) is 0 Å². The maximum atomic E-state index is 13.0. The van der Waals surface area contributed by atoms with E-state index in [-0.39, 0.29) is 49.7 Å². The van der Waals surface area contributed by atoms with Crippen LogP contribution in [0.1, 0.15) is 96.6 Å². The molecule has 1 fully saturated rings. The van der Waals surface area contributed by atoms with Crippen molar-refractivity contribution in [2.45, 2.75) is 116 Å². The zero-order chi connectivity index (χ0) is 42.2. The molecule has 0 aliphatic carbocycles. The van der Waals surface area contributed by atoms with Crippen LogP contribution in [0.3, 0.4) is 0 Å². The van der Waals surface area contributed by atoms with E-state index >= 15 is 0 Å². The van der Waals surface area contributed by atoms with Crippen LogP contribution in [-0.4, -0.2) is 123 Å². The van der Waals surface area contributed by atoms with Gasteiger partial charge in [0.2, 0.25) is 17.8 Å². The zero-order valence-electron chi connectivity index (χ0n) is 34.7. The van der Waals surface area contributed by atoms with Gasteiger partial charge in [-0.25, -0.2) is 14.6 Å². The number of nitrogen functional groups attached to an aromatic ring is 1. The molecule has 0 saturated carbocycles. The summed E-state index contributed by atoms with van der Waals surface area (Å²) in [6.45, 7) is 11.4. The van der Waals surface area contributed by atoms with Crippen molar-refractivity contribution >= 4 is 46.7 Å². The number of piperazine rings is 1. The molecule has 0 spiro atoms. The Kier molecular flexibility index (Phi) is 17.4. The highest BCUT2D eigenvalue weighted by molar-refractivity contribution is 5.88. The first-order chi connectivity index (χ1) is 27.7. The summed E-state index contributed by atoms with van der Waals surface area (Å²) in [5, 5.41) is 28.0. The Morgan fingerprint density at radius 3 is 2.40 bits per heavy atom. The highest BCUT2D eigenvalue weighted by Crippen LogP contribution is 2.28. The molecule has 0 unspecified atom stereocenters. The molecular weight excluding hydrogens is 747 g/mol. The average Bonchev–Trinajstić information content (AvgIpc) is 3.57. The summed E-state index contributed by atoms with van der Waals surface area (Å²) in [7, 11) is 1.66. The van der Waals surface area contributed by atoms with Crippen LogP contribution in [0.25, 0.3) is 11.0 Å². The van der Waals surface area contributed by atoms with Crippen molar-refractivity contribution < 1.29 is 38.9 Å². The predicted molar refractivity (Wildman–Crippen MR) is 221 cm³/mol. The fourth-order valence-corrected chi connectivity index (χ4v) is 6.92. The van der Waals surface area contributed by atoms with Crippen molar-refractivity contribution in [1.29, 1.82) is 0 Å². The molecule has 3 amide bonds. The number of carboxylic acids is 1. The second kappa shape index (κ2) is 22.1. The number of unbranched alkanes of at least 4 members (excludes halogenated alkanes) is 2. The van der Waals surface area contributed by atoms with Crippen LogP contribution in [0.4, 0.5) is 16.6 Å². The normalized spacial score (nSPS) is 14.5. The largest absolute Gasteiger partial charge is 0.496 e. The number of aromatic nitrogens is 3. The van der Waals surface area contributed by atoms with Crippen LogP contribution < -0.4 is 26.4 Å². The van der Waals surface area contributed by atoms with Gasteiger partial charge in [0.1, 0.15) is 22.9 Å². The molecule has 320 valence electrons. The maximum absolute atomic E-state index is 13.0. The van der Waals surface area contributed by atoms with Crippen LogP contribution >= 0.6 is 0 Å². The topological polar surface area (TPSA) is 226 Å². The predicted octanol–water partition coefficient (Wildman–Crippen LogP) is 4.11. The lowest BCUT2D eigenvalue weighted by molar-refractivity contribution is -0.139. The van der Waals surface area contributed by atoms with Gasteiger partial charge in [-0.2, -0.15) is 4.98 Å². The molecule has 1 aliphatic rings. The number of methoxy groups -OCH3 is 1. The highest BCUT2D eigenvalue weighted by Gasteiger charge is 2.25. The van der Waals surface area contributed by atoms with Crippen LogP contribution in [0.15, 0.2) is 30.5 Å². The molecule has 3 heterocycles. The number of amides is 3. The van der Waals surface area contributed by atoms with E-state index in [9.17, 15) is 29.4 Å². The van der Waals surface area contributed by atoms with Gasteiger partial charge >= 0.3 is 12.1 Å². The fourth-order valence-electron chi connectivity index (χ4n) is 6.92. The van der Waals surface area contributed by atoms with Gasteiger partial charge in [-0.15, -0.1) is 0 Å². The number of carboxylic acid groups (broad SMARTS) is 1. The van der Waals surface area contributed by atoms with E-state index in [1.165, 1.54) is 0 Å². The molecule has 1 aliphatic heterocycles. The number of hydrogen-bond donors (Lipinski definition) is 6. The molecule has 17 heteroatoms. The molecule has 3 aromatic rings. The molecule has 1 aromatic carbocycles. The van der Waals surface area contributed by atoms with E-state index in [2.05, 4.69) is 54.4 Å². The number of aliphatic carboxylic acids is 1. The summed E-state index contributed by atoms with van der Waals surface area (Å²) in [6.07, 6.45) is 6.16. The lowest BCUT2D eigenvalue weighted by Gasteiger charge is -2.35. The summed E-state index contributed by atoms with van der Waals surface area (Å²) < 4.78 is 13.0. The van der Waals surface area contributed by atoms with Crippen LogP contribution in [-0.2, 0) is 32.2 Å². The summed E-state index contributed by atoms with van der Waals surface area (Å²) in [5.74, 6) is 0.239. The number of benzene rings is 1. The molecule has 58 heavy (non-hydrogen) atoms. The first-order valence-corrected chi connectivity index (χ1v) is 20.3. The number of aliphatic hydroxyl groups excluding tert-OH is 1. The van der Waals surface area contributed by atoms with Crippen molar-refractivity contribution in [1.82, 2.24) is 35.0 Å². The molecule has 0 bridgehead atoms. The minimum absolute atomic E-state index is 0.0214. The second-order valence-electron chi connectivity index (χ2n) is 15.8. The number of nitrogens with one attached hydrogen (secondary N) is 3. The van der Waals surface area contributed by atoms with E-state index < -0.39 is 23.7 Å². The highest BCUT2D eigenvalue weighted by atomic mass is 16.6. The number of nitrogens with two attached hydrogens (primary N) is 1. The molecule has 2 aromatic heterocycles. The van der Waals surface area contributed by atoms with Gasteiger partial charge in [-0.1, -0.05) is 25.8 Å². The average molecular weight is 810 g/mol. The van der Waals surface area contributed by atoms with E-state index in [1.54, 1.807) is 27.9 Å². The molecule has 7 N–H and O–H groups in total. The van der Waals surface area contributed by atoms with Gasteiger partial charge in [-0.3, -0.25) is 14.5 Å². The number of carbonyl (C=O) groups excluding carboxylic acids is 3. The molecule has 4 rings (SSSR count). The van der Waals surface area contributed by atoms with Crippen LogP contribution in [0, 0.1) is 0 Å². The third-order valence-corrected chi connectivity index (χ3v) is 9.94. The van der Waals surface area contributed by atoms with E-state index in [0.717, 1.165) is 54.7 Å². The second-order valence-corrected chi connectivity index (χ2v) is 15.8. The number of aliphatic hydroxyl groups is 1. The van der Waals surface area contributed by atoms with Gasteiger partial charge in [-0.05, 0) is 76.6 Å². The maximum Gasteiger partial charge on any atom is 0.408 e. The number of nitrogens with zero attached hydrogens (tertiary/aromatic N) is 5. The minimum Gasteiger partial charge on any atom is -0.496 e. The summed E-state index contributed by atoms with van der Waals surface area (Å²) >= 11 is 0. The monoisotopic (exact) mass is 809 g/mol. The first kappa shape index (κ1) is 45.5. The van der Waals surface area contributed by atoms with Gasteiger partial charge < -0.3 is 50.8 Å². The van der Waals surface area contributed by atoms with Crippen LogP contribution in [0.2, 0.25) is 0 Å². The Bertz CT molecular complexity index is 1820. The lowest BCUT2D eigenvalue weighted by atomic mass is 10.1. The number of alkyl carbamates (subject to hydrolysis) is 1. The van der Waals surface area contributed by atoms with E-state index in [4.69, 9.17) is 15.2 Å². The van der Waals surface area contributed by atoms with Crippen molar-refractivity contribution in [3.8, 4) is 5.75 Å². The lowest BCUT2D eigenvalue weighted by Crippen LogP contribution is -2.48. The number of ether oxygens (including phenoxy) is 2. The Morgan fingerprint density at radius 1 is 0.966 bits per heavy atom. The van der Waals surface area contributed by atoms with E-state index in [1.807, 2.05) is 23.2 Å². The number of fused-ring (bicyclic) bond motifs is 1. The number of hydrogen-bond acceptors (Lipinski definition) is 12. The number of carbonyl (C=O) groups is 4. The zero-order valence-corrected chi connectivity index (χ0v) is 34.7. The molecule has 0 radical (unpaired) electrons. The van der Waals surface area contributed by atoms with Gasteiger partial charge in [0.05, 0.1) is 31.8 Å². The van der Waals surface area contributed by atoms with Crippen molar-refractivity contribution in [2.75, 3.05) is 57.5 Å². The molecule has 2 atom stereocenters. The number of anilines is 2. The Morgan fingerprint density at radius 2 is 1.72 bits per heavy atom. The fraction of sp³-hybridized carbons (Fsp3) is 0.610. The third-order valence-electron chi connectivity index (χ3n) is 9.94. The van der Waals surface area contributed by atoms with Gasteiger partial charge in [0, 0.05) is 63.9 Å². The number of rotatable bonds is 22. The van der Waals surface area contributed by atoms with E-state index in [0.29, 0.717) is 63.3 Å². The minimum atomic E-state index is -1.15. The summed E-state index contributed by atoms with van der Waals surface area (Å²) in [4.78, 5) is 62.0. The molecule has 1 saturated heterocycles. The van der Waals surface area contributed by atoms with Crippen molar-refractivity contribution in [3.63, 3.8) is 0 Å². The summed E-state index contributed by atoms with van der Waals surface area (Å²) in [6, 6.07) is 6.86. The molecular formula is C41H63N9O8. The summed E-state index contributed by atoms with van der Waals surface area (Å²) in [5.41, 5.74) is 8.94. The first-order valence-electron chi connectivity index (χ1n) is 20.3.